The van der Waals surface area contributed by atoms with E-state index in [4.69, 9.17) is 4.42 Å². The van der Waals surface area contributed by atoms with Crippen LogP contribution in [-0.2, 0) is 4.79 Å². The van der Waals surface area contributed by atoms with E-state index in [1.807, 2.05) is 48.0 Å². The van der Waals surface area contributed by atoms with E-state index in [0.717, 1.165) is 23.7 Å². The minimum absolute atomic E-state index is 0.00229. The molecule has 31 heavy (non-hydrogen) atoms. The van der Waals surface area contributed by atoms with Crippen LogP contribution in [0.15, 0.2) is 28.7 Å². The molecule has 2 aromatic rings. The summed E-state index contributed by atoms with van der Waals surface area (Å²) in [7, 11) is 1.88. The summed E-state index contributed by atoms with van der Waals surface area (Å²) in [6.45, 7) is 9.45. The van der Waals surface area contributed by atoms with E-state index >= 15 is 0 Å². The van der Waals surface area contributed by atoms with Crippen LogP contribution in [0.25, 0.3) is 11.1 Å². The zero-order chi connectivity index (χ0) is 22.8. The Bertz CT molecular complexity index is 802. The second kappa shape index (κ2) is 13.2. The van der Waals surface area contributed by atoms with E-state index in [9.17, 15) is 9.59 Å². The minimum Gasteiger partial charge on any atom is -0.434 e. The summed E-state index contributed by atoms with van der Waals surface area (Å²) < 4.78 is 5.55. The third-order valence-electron chi connectivity index (χ3n) is 4.68. The molecule has 0 unspecified atom stereocenters. The van der Waals surface area contributed by atoms with Crippen molar-refractivity contribution in [2.24, 2.45) is 11.8 Å². The van der Waals surface area contributed by atoms with Gasteiger partial charge >= 0.3 is 0 Å². The normalized spacial score (nSPS) is 12.6. The van der Waals surface area contributed by atoms with Crippen molar-refractivity contribution in [1.29, 1.82) is 0 Å². The van der Waals surface area contributed by atoms with Gasteiger partial charge < -0.3 is 9.32 Å². The van der Waals surface area contributed by atoms with Crippen LogP contribution in [0.4, 0.5) is 0 Å². The number of hydrogen-bond acceptors (Lipinski definition) is 6. The highest BCUT2D eigenvalue weighted by Crippen LogP contribution is 2.23. The van der Waals surface area contributed by atoms with Gasteiger partial charge in [-0.05, 0) is 48.3 Å². The van der Waals surface area contributed by atoms with E-state index in [2.05, 4.69) is 32.7 Å². The van der Waals surface area contributed by atoms with Crippen LogP contribution in [0.1, 0.15) is 57.6 Å². The fourth-order valence-electron chi connectivity index (χ4n) is 3.00. The van der Waals surface area contributed by atoms with Gasteiger partial charge in [-0.15, -0.1) is 11.8 Å². The van der Waals surface area contributed by atoms with Crippen LogP contribution < -0.4 is 0 Å². The number of ketones is 1. The molecule has 0 spiro atoms. The van der Waals surface area contributed by atoms with Crippen LogP contribution >= 0.6 is 23.5 Å². The number of fused-ring (bicyclic) bond motifs is 1. The molecule has 0 aliphatic carbocycles. The highest BCUT2D eigenvalue weighted by atomic mass is 32.2. The molecule has 1 aromatic carbocycles. The molecule has 7 heteroatoms. The van der Waals surface area contributed by atoms with Crippen molar-refractivity contribution in [2.75, 3.05) is 30.9 Å². The van der Waals surface area contributed by atoms with E-state index in [-0.39, 0.29) is 22.8 Å². The lowest BCUT2D eigenvalue weighted by Crippen LogP contribution is -2.37. The summed E-state index contributed by atoms with van der Waals surface area (Å²) >= 11 is 3.64. The fourth-order valence-corrected chi connectivity index (χ4v) is 5.58. The van der Waals surface area contributed by atoms with Gasteiger partial charge in [0.2, 0.25) is 11.7 Å². The van der Waals surface area contributed by atoms with Crippen molar-refractivity contribution >= 4 is 46.3 Å². The molecular weight excluding hydrogens is 428 g/mol. The van der Waals surface area contributed by atoms with Gasteiger partial charge in [-0.2, -0.15) is 11.8 Å². The molecule has 1 atom stereocenters. The molecule has 0 fully saturated rings. The van der Waals surface area contributed by atoms with Gasteiger partial charge in [-0.1, -0.05) is 39.8 Å². The van der Waals surface area contributed by atoms with Crippen LogP contribution in [0.3, 0.4) is 0 Å². The molecule has 0 N–H and O–H groups in total. The fraction of sp³-hybridized carbons (Fsp3) is 0.625. The molecule has 2 rings (SSSR count). The van der Waals surface area contributed by atoms with E-state index in [1.54, 1.807) is 11.8 Å². The highest BCUT2D eigenvalue weighted by Gasteiger charge is 2.23. The zero-order valence-electron chi connectivity index (χ0n) is 19.4. The molecule has 0 saturated carbocycles. The number of benzene rings is 1. The van der Waals surface area contributed by atoms with Crippen molar-refractivity contribution in [3.05, 3.63) is 30.2 Å². The Morgan fingerprint density at radius 3 is 2.42 bits per heavy atom. The first kappa shape index (κ1) is 25.8. The van der Waals surface area contributed by atoms with Crippen LogP contribution in [0.2, 0.25) is 0 Å². The third-order valence-corrected chi connectivity index (χ3v) is 7.99. The van der Waals surface area contributed by atoms with Crippen LogP contribution in [-0.4, -0.2) is 57.7 Å². The Balaban J connectivity index is 1.77. The number of para-hydroxylation sites is 2. The molecule has 0 aliphatic rings. The first-order valence-electron chi connectivity index (χ1n) is 11.1. The van der Waals surface area contributed by atoms with Crippen molar-refractivity contribution < 1.29 is 14.0 Å². The molecule has 0 bridgehead atoms. The summed E-state index contributed by atoms with van der Waals surface area (Å²) in [6.07, 6.45) is 1.88. The molecule has 0 aliphatic heterocycles. The standard InChI is InChI=1S/C24H36N2O3S2/c1-17(2)14-30-16-22(31-15-18(3)4)24(28)26(5)13-9-8-11-20(27)23-25-19-10-6-7-12-21(19)29-23/h6-7,10,12,17-18,22H,8-9,11,13-16H2,1-5H3/t22-/m1/s1. The second-order valence-electron chi connectivity index (χ2n) is 8.77. The number of nitrogens with zero attached hydrogens (tertiary/aromatic N) is 2. The number of amides is 1. The molecule has 0 radical (unpaired) electrons. The van der Waals surface area contributed by atoms with Gasteiger partial charge in [0, 0.05) is 25.8 Å². The summed E-state index contributed by atoms with van der Waals surface area (Å²) in [5.41, 5.74) is 1.34. The second-order valence-corrected chi connectivity index (χ2v) is 11.1. The smallest absolute Gasteiger partial charge is 0.264 e. The lowest BCUT2D eigenvalue weighted by atomic mass is 10.1. The molecule has 1 heterocycles. The summed E-state index contributed by atoms with van der Waals surface area (Å²) in [4.78, 5) is 31.5. The number of aromatic nitrogens is 1. The van der Waals surface area contributed by atoms with Crippen molar-refractivity contribution in [3.8, 4) is 0 Å². The lowest BCUT2D eigenvalue weighted by molar-refractivity contribution is -0.128. The Morgan fingerprint density at radius 1 is 1.03 bits per heavy atom. The maximum Gasteiger partial charge on any atom is 0.264 e. The number of rotatable bonds is 14. The van der Waals surface area contributed by atoms with Gasteiger partial charge in [0.25, 0.3) is 5.89 Å². The Kier molecular flexibility index (Phi) is 10.9. The van der Waals surface area contributed by atoms with E-state index in [0.29, 0.717) is 42.3 Å². The summed E-state index contributed by atoms with van der Waals surface area (Å²) in [5.74, 6) is 4.42. The topological polar surface area (TPSA) is 63.4 Å². The first-order valence-corrected chi connectivity index (χ1v) is 13.3. The van der Waals surface area contributed by atoms with Gasteiger partial charge in [0.05, 0.1) is 5.25 Å². The molecular formula is C24H36N2O3S2. The number of Topliss-reactive ketones (excluding diaryl/α,β-unsaturated/α-hetero) is 1. The number of unbranched alkanes of at least 4 members (excludes halogenated alkanes) is 1. The van der Waals surface area contributed by atoms with Gasteiger partial charge in [0.15, 0.2) is 5.58 Å². The summed E-state index contributed by atoms with van der Waals surface area (Å²) in [5, 5.41) is -0.00229. The van der Waals surface area contributed by atoms with Gasteiger partial charge in [0.1, 0.15) is 5.52 Å². The molecule has 172 valence electrons. The van der Waals surface area contributed by atoms with Crippen molar-refractivity contribution in [1.82, 2.24) is 9.88 Å². The quantitative estimate of drug-likeness (QED) is 0.261. The monoisotopic (exact) mass is 464 g/mol. The van der Waals surface area contributed by atoms with Crippen molar-refractivity contribution in [3.63, 3.8) is 0 Å². The highest BCUT2D eigenvalue weighted by molar-refractivity contribution is 8.03. The SMILES string of the molecule is CC(C)CSC[C@@H](SCC(C)C)C(=O)N(C)CCCCC(=O)c1nc2ccccc2o1. The minimum atomic E-state index is -0.0827. The zero-order valence-corrected chi connectivity index (χ0v) is 21.1. The maximum absolute atomic E-state index is 13.0. The van der Waals surface area contributed by atoms with Gasteiger partial charge in [-0.3, -0.25) is 9.59 Å². The largest absolute Gasteiger partial charge is 0.434 e. The maximum atomic E-state index is 13.0. The predicted octanol–water partition coefficient (Wildman–Crippen LogP) is 5.79. The van der Waals surface area contributed by atoms with Crippen LogP contribution in [0, 0.1) is 11.8 Å². The number of hydrogen-bond donors (Lipinski definition) is 0. The molecule has 0 saturated heterocycles. The molecule has 5 nitrogen and oxygen atoms in total. The average molecular weight is 465 g/mol. The van der Waals surface area contributed by atoms with E-state index in [1.165, 1.54) is 0 Å². The predicted molar refractivity (Wildman–Crippen MR) is 133 cm³/mol. The Labute approximate surface area is 195 Å². The lowest BCUT2D eigenvalue weighted by Gasteiger charge is -2.24. The first-order chi connectivity index (χ1) is 14.8. The Hall–Kier alpha value is -1.47. The van der Waals surface area contributed by atoms with Crippen molar-refractivity contribution in [2.45, 2.75) is 52.2 Å². The van der Waals surface area contributed by atoms with Gasteiger partial charge in [-0.25, -0.2) is 4.98 Å². The number of carbonyl (C=O) groups is 2. The Morgan fingerprint density at radius 2 is 1.74 bits per heavy atom. The molecule has 1 amide bonds. The number of oxazole rings is 1. The van der Waals surface area contributed by atoms with E-state index < -0.39 is 0 Å². The van der Waals surface area contributed by atoms with Crippen LogP contribution in [0.5, 0.6) is 0 Å². The molecule has 1 aromatic heterocycles. The summed E-state index contributed by atoms with van der Waals surface area (Å²) in [6, 6.07) is 7.39. The number of thioether (sulfide) groups is 2. The third kappa shape index (κ3) is 8.89. The average Bonchev–Trinajstić information content (AvgIpc) is 3.17. The number of carbonyl (C=O) groups excluding carboxylic acids is 2.